The number of hydrogen-bond acceptors (Lipinski definition) is 5. The lowest BCUT2D eigenvalue weighted by Crippen LogP contribution is -2.47. The molecule has 0 bridgehead atoms. The molecule has 0 aliphatic heterocycles. The first-order chi connectivity index (χ1) is 20.7. The fourth-order valence-electron chi connectivity index (χ4n) is 5.80. The Labute approximate surface area is 262 Å². The standard InChI is InChI=1S/C37H48N2O5/c1-36(2,3)28-18-16-26(17-19-28)24-39(34-29-15-11-10-14-27(29)23-32(34)41)33(42)21-20-31(40)30(22-25-12-8-7-9-13-25)38-35(43)44-37(4,5)6/h7-19,30-32,34,40-41H,20-24H2,1-6H3,(H,38,43)/t30-,31-,32+,34-/m0/s1. The third-order valence-corrected chi connectivity index (χ3v) is 8.12. The van der Waals surface area contributed by atoms with Crippen LogP contribution in [0.1, 0.15) is 88.2 Å². The van der Waals surface area contributed by atoms with Crippen molar-refractivity contribution in [1.82, 2.24) is 10.2 Å². The molecule has 1 aliphatic carbocycles. The number of ether oxygens (including phenoxy) is 1. The van der Waals surface area contributed by atoms with E-state index in [2.05, 4.69) is 38.2 Å². The average Bonchev–Trinajstić information content (AvgIpc) is 3.28. The summed E-state index contributed by atoms with van der Waals surface area (Å²) in [5.41, 5.74) is 4.43. The Morgan fingerprint density at radius 1 is 0.909 bits per heavy atom. The predicted octanol–water partition coefficient (Wildman–Crippen LogP) is 6.25. The smallest absolute Gasteiger partial charge is 0.407 e. The SMILES string of the molecule is CC(C)(C)OC(=O)N[C@@H](Cc1ccccc1)[C@@H](O)CCC(=O)N(Cc1ccc(C(C)(C)C)cc1)[C@H]1c2ccccc2C[C@H]1O. The van der Waals surface area contributed by atoms with E-state index >= 15 is 0 Å². The van der Waals surface area contributed by atoms with Gasteiger partial charge in [0, 0.05) is 19.4 Å². The number of aliphatic hydroxyl groups excluding tert-OH is 2. The molecule has 0 radical (unpaired) electrons. The maximum atomic E-state index is 14.0. The quantitative estimate of drug-likeness (QED) is 0.256. The first kappa shape index (κ1) is 33.2. The summed E-state index contributed by atoms with van der Waals surface area (Å²) >= 11 is 0. The van der Waals surface area contributed by atoms with E-state index in [4.69, 9.17) is 4.74 Å². The second-order valence-corrected chi connectivity index (χ2v) is 13.9. The molecule has 3 aromatic carbocycles. The van der Waals surface area contributed by atoms with Crippen LogP contribution in [0.4, 0.5) is 4.79 Å². The minimum absolute atomic E-state index is 0.00833. The van der Waals surface area contributed by atoms with Crippen molar-refractivity contribution in [2.75, 3.05) is 0 Å². The highest BCUT2D eigenvalue weighted by Crippen LogP contribution is 2.37. The molecular formula is C37H48N2O5. The van der Waals surface area contributed by atoms with Gasteiger partial charge < -0.3 is 25.2 Å². The first-order valence-electron chi connectivity index (χ1n) is 15.6. The Balaban J connectivity index is 1.54. The topological polar surface area (TPSA) is 99.1 Å². The fraction of sp³-hybridized carbons (Fsp3) is 0.459. The van der Waals surface area contributed by atoms with Crippen molar-refractivity contribution < 1.29 is 24.5 Å². The Bertz CT molecular complexity index is 1390. The van der Waals surface area contributed by atoms with E-state index < -0.39 is 36.0 Å². The van der Waals surface area contributed by atoms with Crippen LogP contribution in [0.3, 0.4) is 0 Å². The summed E-state index contributed by atoms with van der Waals surface area (Å²) in [5, 5.41) is 25.3. The molecule has 4 rings (SSSR count). The molecule has 0 saturated carbocycles. The molecule has 2 amide bonds. The van der Waals surface area contributed by atoms with Gasteiger partial charge in [-0.1, -0.05) is 99.6 Å². The second-order valence-electron chi connectivity index (χ2n) is 13.9. The number of nitrogens with zero attached hydrogens (tertiary/aromatic N) is 1. The largest absolute Gasteiger partial charge is 0.444 e. The van der Waals surface area contributed by atoms with Crippen LogP contribution in [0.15, 0.2) is 78.9 Å². The van der Waals surface area contributed by atoms with Crippen molar-refractivity contribution in [3.63, 3.8) is 0 Å². The molecule has 7 heteroatoms. The van der Waals surface area contributed by atoms with Gasteiger partial charge in [-0.2, -0.15) is 0 Å². The van der Waals surface area contributed by atoms with Crippen LogP contribution in [0.2, 0.25) is 0 Å². The van der Waals surface area contributed by atoms with Crippen molar-refractivity contribution in [2.24, 2.45) is 0 Å². The van der Waals surface area contributed by atoms with E-state index in [1.165, 1.54) is 5.56 Å². The molecule has 0 fully saturated rings. The Morgan fingerprint density at radius 3 is 2.18 bits per heavy atom. The van der Waals surface area contributed by atoms with Crippen LogP contribution < -0.4 is 5.32 Å². The molecule has 1 aliphatic rings. The van der Waals surface area contributed by atoms with Crippen LogP contribution in [-0.4, -0.2) is 51.0 Å². The molecule has 0 unspecified atom stereocenters. The number of benzene rings is 3. The van der Waals surface area contributed by atoms with Crippen LogP contribution in [0, 0.1) is 0 Å². The lowest BCUT2D eigenvalue weighted by Gasteiger charge is -2.33. The predicted molar refractivity (Wildman–Crippen MR) is 173 cm³/mol. The van der Waals surface area contributed by atoms with Gasteiger partial charge in [0.15, 0.2) is 0 Å². The van der Waals surface area contributed by atoms with Gasteiger partial charge in [0.1, 0.15) is 5.60 Å². The van der Waals surface area contributed by atoms with Gasteiger partial charge in [-0.25, -0.2) is 4.79 Å². The first-order valence-corrected chi connectivity index (χ1v) is 15.6. The Hall–Kier alpha value is -3.68. The van der Waals surface area contributed by atoms with Gasteiger partial charge >= 0.3 is 6.09 Å². The average molecular weight is 601 g/mol. The summed E-state index contributed by atoms with van der Waals surface area (Å²) < 4.78 is 5.46. The number of rotatable bonds is 10. The molecule has 3 aromatic rings. The summed E-state index contributed by atoms with van der Waals surface area (Å²) in [4.78, 5) is 28.4. The third-order valence-electron chi connectivity index (χ3n) is 8.12. The zero-order valence-electron chi connectivity index (χ0n) is 26.9. The van der Waals surface area contributed by atoms with Crippen molar-refractivity contribution >= 4 is 12.0 Å². The molecule has 3 N–H and O–H groups in total. The second kappa shape index (κ2) is 14.0. The van der Waals surface area contributed by atoms with E-state index in [1.807, 2.05) is 66.7 Å². The Kier molecular flexibility index (Phi) is 10.5. The van der Waals surface area contributed by atoms with Gasteiger partial charge in [0.2, 0.25) is 5.91 Å². The summed E-state index contributed by atoms with van der Waals surface area (Å²) in [7, 11) is 0. The lowest BCUT2D eigenvalue weighted by molar-refractivity contribution is -0.137. The van der Waals surface area contributed by atoms with Crippen LogP contribution in [0.5, 0.6) is 0 Å². The minimum Gasteiger partial charge on any atom is -0.444 e. The molecule has 0 aromatic heterocycles. The van der Waals surface area contributed by atoms with E-state index in [1.54, 1.807) is 25.7 Å². The van der Waals surface area contributed by atoms with Crippen molar-refractivity contribution in [3.05, 3.63) is 107 Å². The summed E-state index contributed by atoms with van der Waals surface area (Å²) in [5.74, 6) is -0.166. The highest BCUT2D eigenvalue weighted by Gasteiger charge is 2.38. The van der Waals surface area contributed by atoms with Gasteiger partial charge in [-0.3, -0.25) is 4.79 Å². The number of amides is 2. The molecule has 44 heavy (non-hydrogen) atoms. The number of carbonyl (C=O) groups excluding carboxylic acids is 2. The molecular weight excluding hydrogens is 552 g/mol. The summed E-state index contributed by atoms with van der Waals surface area (Å²) in [6.07, 6.45) is -1.29. The number of fused-ring (bicyclic) bond motifs is 1. The molecule has 7 nitrogen and oxygen atoms in total. The molecule has 0 saturated heterocycles. The number of aliphatic hydroxyl groups is 2. The van der Waals surface area contributed by atoms with E-state index in [0.717, 1.165) is 22.3 Å². The van der Waals surface area contributed by atoms with Gasteiger partial charge in [-0.05, 0) is 66.8 Å². The van der Waals surface area contributed by atoms with Gasteiger partial charge in [-0.15, -0.1) is 0 Å². The number of hydrogen-bond donors (Lipinski definition) is 3. The number of alkyl carbamates (subject to hydrolysis) is 1. The number of carbonyl (C=O) groups is 2. The number of nitrogens with one attached hydrogen (secondary N) is 1. The molecule has 0 heterocycles. The summed E-state index contributed by atoms with van der Waals surface area (Å²) in [6.45, 7) is 12.2. The van der Waals surface area contributed by atoms with E-state index in [-0.39, 0.29) is 24.2 Å². The highest BCUT2D eigenvalue weighted by molar-refractivity contribution is 5.77. The van der Waals surface area contributed by atoms with Gasteiger partial charge in [0.05, 0.1) is 24.3 Å². The maximum absolute atomic E-state index is 14.0. The van der Waals surface area contributed by atoms with Crippen molar-refractivity contribution in [1.29, 1.82) is 0 Å². The molecule has 0 spiro atoms. The van der Waals surface area contributed by atoms with E-state index in [9.17, 15) is 19.8 Å². The molecule has 4 atom stereocenters. The zero-order chi connectivity index (χ0) is 32.1. The normalized spacial score (nSPS) is 17.8. The van der Waals surface area contributed by atoms with Crippen LogP contribution in [0.25, 0.3) is 0 Å². The van der Waals surface area contributed by atoms with Crippen molar-refractivity contribution in [2.45, 2.75) is 109 Å². The third kappa shape index (κ3) is 8.93. The van der Waals surface area contributed by atoms with Crippen molar-refractivity contribution in [3.8, 4) is 0 Å². The minimum atomic E-state index is -1.000. The van der Waals surface area contributed by atoms with Crippen LogP contribution >= 0.6 is 0 Å². The Morgan fingerprint density at radius 2 is 1.55 bits per heavy atom. The zero-order valence-corrected chi connectivity index (χ0v) is 26.9. The maximum Gasteiger partial charge on any atom is 0.407 e. The summed E-state index contributed by atoms with van der Waals surface area (Å²) in [6, 6.07) is 24.6. The lowest BCUT2D eigenvalue weighted by atomic mass is 9.86. The van der Waals surface area contributed by atoms with E-state index in [0.29, 0.717) is 19.4 Å². The highest BCUT2D eigenvalue weighted by atomic mass is 16.6. The van der Waals surface area contributed by atoms with Crippen LogP contribution in [-0.2, 0) is 34.3 Å². The molecule has 236 valence electrons. The van der Waals surface area contributed by atoms with Gasteiger partial charge in [0.25, 0.3) is 0 Å². The fourth-order valence-corrected chi connectivity index (χ4v) is 5.80. The monoisotopic (exact) mass is 600 g/mol.